The maximum Gasteiger partial charge on any atom is 0.132 e. The molecule has 3 aromatic heterocycles. The lowest BCUT2D eigenvalue weighted by Crippen LogP contribution is -2.18. The molecule has 4 heterocycles. The van der Waals surface area contributed by atoms with E-state index < -0.39 is 0 Å². The first-order valence-electron chi connectivity index (χ1n) is 8.11. The molecule has 8 heteroatoms. The zero-order valence-corrected chi connectivity index (χ0v) is 14.1. The molecule has 2 N–H and O–H groups in total. The van der Waals surface area contributed by atoms with Crippen molar-refractivity contribution in [3.05, 3.63) is 29.9 Å². The Morgan fingerprint density at radius 3 is 2.79 bits per heavy atom. The van der Waals surface area contributed by atoms with Crippen LogP contribution in [0.5, 0.6) is 0 Å². The van der Waals surface area contributed by atoms with Crippen LogP contribution in [0.1, 0.15) is 12.8 Å². The number of anilines is 1. The van der Waals surface area contributed by atoms with Crippen molar-refractivity contribution in [3.63, 3.8) is 0 Å². The Bertz CT molecular complexity index is 802. The van der Waals surface area contributed by atoms with E-state index in [1.165, 1.54) is 12.8 Å². The molecule has 0 spiro atoms. The van der Waals surface area contributed by atoms with Crippen molar-refractivity contribution in [2.75, 3.05) is 24.5 Å². The van der Waals surface area contributed by atoms with Gasteiger partial charge in [0.2, 0.25) is 0 Å². The fourth-order valence-corrected chi connectivity index (χ4v) is 3.63. The van der Waals surface area contributed by atoms with E-state index in [0.717, 1.165) is 40.9 Å². The number of thiazole rings is 1. The lowest BCUT2D eigenvalue weighted by molar-refractivity contribution is 0.598. The zero-order valence-electron chi connectivity index (χ0n) is 13.3. The van der Waals surface area contributed by atoms with Gasteiger partial charge in [-0.3, -0.25) is 4.68 Å². The van der Waals surface area contributed by atoms with Crippen LogP contribution in [0.2, 0.25) is 0 Å². The first-order chi connectivity index (χ1) is 11.8. The Kier molecular flexibility index (Phi) is 4.22. The normalized spacial score (nSPS) is 14.5. The van der Waals surface area contributed by atoms with Crippen molar-refractivity contribution in [2.45, 2.75) is 19.4 Å². The number of aromatic nitrogens is 5. The average molecular weight is 341 g/mol. The summed E-state index contributed by atoms with van der Waals surface area (Å²) in [6.07, 6.45) is 6.29. The maximum absolute atomic E-state index is 5.53. The van der Waals surface area contributed by atoms with Gasteiger partial charge in [-0.05, 0) is 25.0 Å². The summed E-state index contributed by atoms with van der Waals surface area (Å²) < 4.78 is 1.74. The van der Waals surface area contributed by atoms with Crippen molar-refractivity contribution < 1.29 is 0 Å². The molecule has 0 amide bonds. The van der Waals surface area contributed by atoms with Gasteiger partial charge in [0.1, 0.15) is 22.2 Å². The molecule has 4 rings (SSSR count). The van der Waals surface area contributed by atoms with Crippen molar-refractivity contribution in [3.8, 4) is 22.0 Å². The van der Waals surface area contributed by atoms with E-state index in [9.17, 15) is 0 Å². The molecule has 0 aromatic carbocycles. The largest absolute Gasteiger partial charge is 0.357 e. The molecule has 0 bridgehead atoms. The van der Waals surface area contributed by atoms with Gasteiger partial charge in [0.25, 0.3) is 0 Å². The third-order valence-electron chi connectivity index (χ3n) is 4.09. The van der Waals surface area contributed by atoms with Crippen LogP contribution in [-0.4, -0.2) is 44.6 Å². The summed E-state index contributed by atoms with van der Waals surface area (Å²) in [5.74, 6) is 1.05. The smallest absolute Gasteiger partial charge is 0.132 e. The summed E-state index contributed by atoms with van der Waals surface area (Å²) in [5.41, 5.74) is 8.17. The summed E-state index contributed by atoms with van der Waals surface area (Å²) in [6, 6.07) is 4.17. The molecule has 1 aliphatic heterocycles. The molecule has 0 aliphatic carbocycles. The van der Waals surface area contributed by atoms with Crippen LogP contribution in [0.3, 0.4) is 0 Å². The minimum atomic E-state index is 0.542. The molecular formula is C16H19N7S. The summed E-state index contributed by atoms with van der Waals surface area (Å²) in [4.78, 5) is 11.6. The third kappa shape index (κ3) is 3.02. The van der Waals surface area contributed by atoms with Crippen LogP contribution in [0, 0.1) is 0 Å². The second-order valence-corrected chi connectivity index (χ2v) is 6.65. The fraction of sp³-hybridized carbons (Fsp3) is 0.375. The standard InChI is InChI=1S/C16H19N7S/c17-5-8-23-10-13(20-21-23)14-11-24-16(19-14)12-3-4-15(18-9-12)22-6-1-2-7-22/h3-4,9-11H,1-2,5-8,17H2. The third-order valence-corrected chi connectivity index (χ3v) is 4.98. The van der Waals surface area contributed by atoms with E-state index in [2.05, 4.69) is 37.3 Å². The molecular weight excluding hydrogens is 322 g/mol. The van der Waals surface area contributed by atoms with Crippen LogP contribution < -0.4 is 10.6 Å². The SMILES string of the molecule is NCCn1cc(-c2csc(-c3ccc(N4CCCC4)nc3)n2)nn1. The monoisotopic (exact) mass is 341 g/mol. The van der Waals surface area contributed by atoms with Gasteiger partial charge in [0.05, 0.1) is 12.7 Å². The van der Waals surface area contributed by atoms with Gasteiger partial charge in [-0.2, -0.15) is 0 Å². The number of hydrogen-bond donors (Lipinski definition) is 1. The van der Waals surface area contributed by atoms with Crippen LogP contribution in [-0.2, 0) is 6.54 Å². The van der Waals surface area contributed by atoms with E-state index in [-0.39, 0.29) is 0 Å². The van der Waals surface area contributed by atoms with Gasteiger partial charge >= 0.3 is 0 Å². The highest BCUT2D eigenvalue weighted by Gasteiger charge is 2.14. The Morgan fingerprint density at radius 1 is 1.17 bits per heavy atom. The first kappa shape index (κ1) is 15.2. The quantitative estimate of drug-likeness (QED) is 0.764. The fourth-order valence-electron chi connectivity index (χ4n) is 2.83. The number of nitrogens with zero attached hydrogens (tertiary/aromatic N) is 6. The van der Waals surface area contributed by atoms with Gasteiger partial charge in [-0.15, -0.1) is 16.4 Å². The number of rotatable bonds is 5. The van der Waals surface area contributed by atoms with Crippen LogP contribution in [0.15, 0.2) is 29.9 Å². The van der Waals surface area contributed by atoms with E-state index in [0.29, 0.717) is 13.1 Å². The van der Waals surface area contributed by atoms with Crippen molar-refractivity contribution in [2.24, 2.45) is 5.73 Å². The second kappa shape index (κ2) is 6.66. The van der Waals surface area contributed by atoms with Gasteiger partial charge in [-0.1, -0.05) is 5.21 Å². The summed E-state index contributed by atoms with van der Waals surface area (Å²) in [5, 5.41) is 11.2. The highest BCUT2D eigenvalue weighted by atomic mass is 32.1. The van der Waals surface area contributed by atoms with E-state index in [1.807, 2.05) is 17.8 Å². The molecule has 0 unspecified atom stereocenters. The summed E-state index contributed by atoms with van der Waals surface area (Å²) in [7, 11) is 0. The maximum atomic E-state index is 5.53. The molecule has 7 nitrogen and oxygen atoms in total. The number of nitrogens with two attached hydrogens (primary N) is 1. The van der Waals surface area contributed by atoms with Crippen LogP contribution in [0.25, 0.3) is 22.0 Å². The molecule has 24 heavy (non-hydrogen) atoms. The Hall–Kier alpha value is -2.32. The lowest BCUT2D eigenvalue weighted by Gasteiger charge is -2.15. The molecule has 0 radical (unpaired) electrons. The number of pyridine rings is 1. The molecule has 1 saturated heterocycles. The Labute approximate surface area is 144 Å². The van der Waals surface area contributed by atoms with Crippen molar-refractivity contribution in [1.29, 1.82) is 0 Å². The average Bonchev–Trinajstić information content (AvgIpc) is 3.36. The number of hydrogen-bond acceptors (Lipinski definition) is 7. The molecule has 3 aromatic rings. The molecule has 1 fully saturated rings. The van der Waals surface area contributed by atoms with Crippen LogP contribution in [0.4, 0.5) is 5.82 Å². The summed E-state index contributed by atoms with van der Waals surface area (Å²) >= 11 is 1.59. The topological polar surface area (TPSA) is 85.8 Å². The first-order valence-corrected chi connectivity index (χ1v) is 8.99. The van der Waals surface area contributed by atoms with Gasteiger partial charge in [-0.25, -0.2) is 9.97 Å². The van der Waals surface area contributed by atoms with Gasteiger partial charge < -0.3 is 10.6 Å². The predicted octanol–water partition coefficient (Wildman–Crippen LogP) is 2.02. The zero-order chi connectivity index (χ0) is 16.4. The summed E-state index contributed by atoms with van der Waals surface area (Å²) in [6.45, 7) is 3.41. The minimum Gasteiger partial charge on any atom is -0.357 e. The van der Waals surface area contributed by atoms with E-state index in [4.69, 9.17) is 5.73 Å². The van der Waals surface area contributed by atoms with E-state index >= 15 is 0 Å². The minimum absolute atomic E-state index is 0.542. The molecule has 1 aliphatic rings. The predicted molar refractivity (Wildman–Crippen MR) is 94.9 cm³/mol. The molecule has 124 valence electrons. The Morgan fingerprint density at radius 2 is 2.04 bits per heavy atom. The van der Waals surface area contributed by atoms with Gasteiger partial charge in [0.15, 0.2) is 0 Å². The van der Waals surface area contributed by atoms with Gasteiger partial charge in [0, 0.05) is 36.8 Å². The lowest BCUT2D eigenvalue weighted by atomic mass is 10.3. The van der Waals surface area contributed by atoms with Crippen molar-refractivity contribution >= 4 is 17.2 Å². The highest BCUT2D eigenvalue weighted by Crippen LogP contribution is 2.28. The highest BCUT2D eigenvalue weighted by molar-refractivity contribution is 7.13. The van der Waals surface area contributed by atoms with Crippen LogP contribution >= 0.6 is 11.3 Å². The van der Waals surface area contributed by atoms with Crippen molar-refractivity contribution in [1.82, 2.24) is 25.0 Å². The van der Waals surface area contributed by atoms with E-state index in [1.54, 1.807) is 16.0 Å². The molecule has 0 atom stereocenters. The second-order valence-electron chi connectivity index (χ2n) is 5.79. The Balaban J connectivity index is 1.53. The molecule has 0 saturated carbocycles.